The van der Waals surface area contributed by atoms with Crippen molar-refractivity contribution < 1.29 is 13.9 Å². The maximum Gasteiger partial charge on any atom is 0.220 e. The van der Waals surface area contributed by atoms with Crippen molar-refractivity contribution in [2.45, 2.75) is 19.4 Å². The van der Waals surface area contributed by atoms with Gasteiger partial charge >= 0.3 is 0 Å². The van der Waals surface area contributed by atoms with E-state index in [2.05, 4.69) is 10.3 Å². The second kappa shape index (κ2) is 7.38. The standard InChI is InChI=1S/C16H17FN2O2/c1-21-14-6-2-5-13(16(14)17)7-8-15(20)19-11-12-4-3-9-18-10-12/h2-6,9-10H,7-8,11H2,1H3,(H,19,20). The van der Waals surface area contributed by atoms with E-state index in [1.165, 1.54) is 7.11 Å². The molecule has 0 saturated carbocycles. The Balaban J connectivity index is 1.84. The summed E-state index contributed by atoms with van der Waals surface area (Å²) in [6.07, 6.45) is 3.94. The third kappa shape index (κ3) is 4.27. The van der Waals surface area contributed by atoms with Crippen LogP contribution in [-0.2, 0) is 17.8 Å². The van der Waals surface area contributed by atoms with Gasteiger partial charge in [-0.25, -0.2) is 4.39 Å². The van der Waals surface area contributed by atoms with Gasteiger partial charge in [-0.1, -0.05) is 18.2 Å². The second-order valence-electron chi connectivity index (χ2n) is 4.57. The van der Waals surface area contributed by atoms with Crippen LogP contribution in [-0.4, -0.2) is 18.0 Å². The Morgan fingerprint density at radius 3 is 2.90 bits per heavy atom. The van der Waals surface area contributed by atoms with Crippen molar-refractivity contribution in [1.82, 2.24) is 10.3 Å². The van der Waals surface area contributed by atoms with Crippen LogP contribution in [0.4, 0.5) is 4.39 Å². The van der Waals surface area contributed by atoms with Crippen LogP contribution in [0.5, 0.6) is 5.75 Å². The van der Waals surface area contributed by atoms with E-state index in [9.17, 15) is 9.18 Å². The van der Waals surface area contributed by atoms with Crippen LogP contribution in [0.25, 0.3) is 0 Å². The topological polar surface area (TPSA) is 51.2 Å². The normalized spacial score (nSPS) is 10.2. The number of amides is 1. The van der Waals surface area contributed by atoms with Gasteiger partial charge in [-0.2, -0.15) is 0 Å². The first-order chi connectivity index (χ1) is 10.2. The zero-order valence-corrected chi connectivity index (χ0v) is 11.8. The molecule has 0 saturated heterocycles. The number of rotatable bonds is 6. The summed E-state index contributed by atoms with van der Waals surface area (Å²) in [5, 5.41) is 2.78. The summed E-state index contributed by atoms with van der Waals surface area (Å²) in [6, 6.07) is 8.63. The summed E-state index contributed by atoms with van der Waals surface area (Å²) in [5.41, 5.74) is 1.41. The molecular weight excluding hydrogens is 271 g/mol. The molecule has 0 unspecified atom stereocenters. The molecule has 5 heteroatoms. The Bertz CT molecular complexity index is 602. The predicted molar refractivity (Wildman–Crippen MR) is 77.4 cm³/mol. The van der Waals surface area contributed by atoms with E-state index < -0.39 is 5.82 Å². The smallest absolute Gasteiger partial charge is 0.220 e. The number of carbonyl (C=O) groups is 1. The lowest BCUT2D eigenvalue weighted by Gasteiger charge is -2.08. The van der Waals surface area contributed by atoms with Gasteiger partial charge in [0.25, 0.3) is 0 Å². The van der Waals surface area contributed by atoms with Gasteiger partial charge in [0.05, 0.1) is 7.11 Å². The Morgan fingerprint density at radius 1 is 1.33 bits per heavy atom. The maximum atomic E-state index is 13.9. The number of benzene rings is 1. The molecule has 2 aromatic rings. The number of halogens is 1. The van der Waals surface area contributed by atoms with E-state index in [0.29, 0.717) is 18.5 Å². The lowest BCUT2D eigenvalue weighted by atomic mass is 10.1. The SMILES string of the molecule is COc1cccc(CCC(=O)NCc2cccnc2)c1F. The molecule has 4 nitrogen and oxygen atoms in total. The number of pyridine rings is 1. The first-order valence-corrected chi connectivity index (χ1v) is 6.67. The summed E-state index contributed by atoms with van der Waals surface area (Å²) >= 11 is 0. The molecule has 2 rings (SSSR count). The molecule has 0 fully saturated rings. The highest BCUT2D eigenvalue weighted by Crippen LogP contribution is 2.20. The predicted octanol–water partition coefficient (Wildman–Crippen LogP) is 2.48. The highest BCUT2D eigenvalue weighted by atomic mass is 19.1. The number of aromatic nitrogens is 1. The van der Waals surface area contributed by atoms with E-state index in [1.807, 2.05) is 12.1 Å². The monoisotopic (exact) mass is 288 g/mol. The average molecular weight is 288 g/mol. The van der Waals surface area contributed by atoms with Crippen molar-refractivity contribution in [1.29, 1.82) is 0 Å². The van der Waals surface area contributed by atoms with E-state index in [-0.39, 0.29) is 18.1 Å². The highest BCUT2D eigenvalue weighted by molar-refractivity contribution is 5.76. The van der Waals surface area contributed by atoms with Crippen LogP contribution >= 0.6 is 0 Å². The molecule has 1 amide bonds. The summed E-state index contributed by atoms with van der Waals surface area (Å²) < 4.78 is 18.8. The molecule has 0 spiro atoms. The van der Waals surface area contributed by atoms with Gasteiger partial charge in [0.1, 0.15) is 0 Å². The van der Waals surface area contributed by atoms with Gasteiger partial charge in [0.15, 0.2) is 11.6 Å². The van der Waals surface area contributed by atoms with E-state index in [1.54, 1.807) is 30.6 Å². The zero-order chi connectivity index (χ0) is 15.1. The van der Waals surface area contributed by atoms with Gasteiger partial charge in [0.2, 0.25) is 5.91 Å². The fourth-order valence-electron chi connectivity index (χ4n) is 1.95. The Hall–Kier alpha value is -2.43. The number of ether oxygens (including phenoxy) is 1. The van der Waals surface area contributed by atoms with Crippen LogP contribution in [0, 0.1) is 5.82 Å². The second-order valence-corrected chi connectivity index (χ2v) is 4.57. The van der Waals surface area contributed by atoms with Crippen LogP contribution < -0.4 is 10.1 Å². The van der Waals surface area contributed by atoms with Crippen LogP contribution in [0.2, 0.25) is 0 Å². The molecule has 0 radical (unpaired) electrons. The quantitative estimate of drug-likeness (QED) is 0.888. The number of methoxy groups -OCH3 is 1. The van der Waals surface area contributed by atoms with Crippen molar-refractivity contribution in [3.8, 4) is 5.75 Å². The lowest BCUT2D eigenvalue weighted by molar-refractivity contribution is -0.121. The molecule has 110 valence electrons. The summed E-state index contributed by atoms with van der Waals surface area (Å²) in [6.45, 7) is 0.424. The molecule has 0 aliphatic carbocycles. The van der Waals surface area contributed by atoms with Gasteiger partial charge in [-0.3, -0.25) is 9.78 Å². The molecule has 0 aliphatic rings. The van der Waals surface area contributed by atoms with E-state index in [4.69, 9.17) is 4.74 Å². The molecule has 1 N–H and O–H groups in total. The Morgan fingerprint density at radius 2 is 2.19 bits per heavy atom. The summed E-state index contributed by atoms with van der Waals surface area (Å²) in [7, 11) is 1.42. The van der Waals surface area contributed by atoms with Gasteiger partial charge < -0.3 is 10.1 Å². The fourth-order valence-corrected chi connectivity index (χ4v) is 1.95. The molecule has 0 aliphatic heterocycles. The first kappa shape index (κ1) is 15.0. The molecule has 1 heterocycles. The number of aryl methyl sites for hydroxylation is 1. The summed E-state index contributed by atoms with van der Waals surface area (Å²) in [5.74, 6) is -0.329. The number of hydrogen-bond donors (Lipinski definition) is 1. The Kier molecular flexibility index (Phi) is 5.26. The van der Waals surface area contributed by atoms with Crippen molar-refractivity contribution in [2.24, 2.45) is 0 Å². The number of carbonyl (C=O) groups excluding carboxylic acids is 1. The Labute approximate surface area is 123 Å². The van der Waals surface area contributed by atoms with Gasteiger partial charge in [0, 0.05) is 25.4 Å². The van der Waals surface area contributed by atoms with Crippen molar-refractivity contribution in [2.75, 3.05) is 7.11 Å². The number of nitrogens with zero attached hydrogens (tertiary/aromatic N) is 1. The van der Waals surface area contributed by atoms with Crippen LogP contribution in [0.3, 0.4) is 0 Å². The fraction of sp³-hybridized carbons (Fsp3) is 0.250. The minimum absolute atomic E-state index is 0.124. The van der Waals surface area contributed by atoms with Crippen molar-refractivity contribution in [3.05, 3.63) is 59.7 Å². The molecule has 1 aromatic carbocycles. The van der Waals surface area contributed by atoms with Crippen molar-refractivity contribution in [3.63, 3.8) is 0 Å². The average Bonchev–Trinajstić information content (AvgIpc) is 2.53. The largest absolute Gasteiger partial charge is 0.494 e. The first-order valence-electron chi connectivity index (χ1n) is 6.67. The number of nitrogens with one attached hydrogen (secondary N) is 1. The molecule has 0 bridgehead atoms. The van der Waals surface area contributed by atoms with Gasteiger partial charge in [-0.15, -0.1) is 0 Å². The van der Waals surface area contributed by atoms with E-state index >= 15 is 0 Å². The van der Waals surface area contributed by atoms with Crippen molar-refractivity contribution >= 4 is 5.91 Å². The minimum Gasteiger partial charge on any atom is -0.494 e. The highest BCUT2D eigenvalue weighted by Gasteiger charge is 2.10. The zero-order valence-electron chi connectivity index (χ0n) is 11.8. The molecule has 1 aromatic heterocycles. The maximum absolute atomic E-state index is 13.9. The van der Waals surface area contributed by atoms with E-state index in [0.717, 1.165) is 5.56 Å². The van der Waals surface area contributed by atoms with Crippen LogP contribution in [0.1, 0.15) is 17.5 Å². The third-order valence-electron chi connectivity index (χ3n) is 3.10. The third-order valence-corrected chi connectivity index (χ3v) is 3.10. The molecular formula is C16H17FN2O2. The van der Waals surface area contributed by atoms with Gasteiger partial charge in [-0.05, 0) is 29.7 Å². The minimum atomic E-state index is -0.403. The lowest BCUT2D eigenvalue weighted by Crippen LogP contribution is -2.23. The summed E-state index contributed by atoms with van der Waals surface area (Å²) in [4.78, 5) is 15.7. The molecule has 21 heavy (non-hydrogen) atoms. The number of hydrogen-bond acceptors (Lipinski definition) is 3. The molecule has 0 atom stereocenters. The van der Waals surface area contributed by atoms with Crippen LogP contribution in [0.15, 0.2) is 42.7 Å².